The van der Waals surface area contributed by atoms with Crippen LogP contribution in [0.25, 0.3) is 0 Å². The van der Waals surface area contributed by atoms with Gasteiger partial charge in [-0.05, 0) is 0 Å². The molecule has 4 heteroatoms. The molecule has 1 aliphatic heterocycles. The van der Waals surface area contributed by atoms with Gasteiger partial charge in [0, 0.05) is 0 Å². The van der Waals surface area contributed by atoms with E-state index < -0.39 is 0 Å². The zero-order valence-electron chi connectivity index (χ0n) is 7.86. The van der Waals surface area contributed by atoms with Gasteiger partial charge in [-0.15, -0.1) is 0 Å². The number of amides is 1. The summed E-state index contributed by atoms with van der Waals surface area (Å²) in [5, 5.41) is 10.3. The quantitative estimate of drug-likeness (QED) is 0.266. The van der Waals surface area contributed by atoms with E-state index in [1.807, 2.05) is 13.0 Å². The zero-order valence-corrected chi connectivity index (χ0v) is 10.0. The van der Waals surface area contributed by atoms with Gasteiger partial charge < -0.3 is 0 Å². The summed E-state index contributed by atoms with van der Waals surface area (Å²) in [6, 6.07) is 0. The second-order valence-corrected chi connectivity index (χ2v) is 6.06. The van der Waals surface area contributed by atoms with E-state index in [1.165, 1.54) is 4.43 Å². The molecule has 13 heavy (non-hydrogen) atoms. The van der Waals surface area contributed by atoms with E-state index in [1.54, 1.807) is 6.92 Å². The predicted octanol–water partition coefficient (Wildman–Crippen LogP) is -2.09. The molecule has 0 aromatic carbocycles. The minimum atomic E-state index is -0.0665. The first-order valence-corrected chi connectivity index (χ1v) is 7.08. The van der Waals surface area contributed by atoms with Gasteiger partial charge in [0.2, 0.25) is 0 Å². The maximum atomic E-state index is 11.0. The standard InChI is InChI=1S/C9H14IN2O/c1-3-6(7-5-10-7)9(11)12-8(13)4-2/h3,7H,4-5H2,1-2H3,(H2,11,12,13)/q-1/b6-3-. The Morgan fingerprint density at radius 1 is 1.77 bits per heavy atom. The monoisotopic (exact) mass is 293 g/mol. The average molecular weight is 293 g/mol. The number of carbonyl (C=O) groups excluding carboxylic acids is 1. The molecule has 1 fully saturated rings. The van der Waals surface area contributed by atoms with Crippen molar-refractivity contribution < 1.29 is 26.0 Å². The molecule has 0 spiro atoms. The van der Waals surface area contributed by atoms with Crippen LogP contribution in [0.15, 0.2) is 11.6 Å². The van der Waals surface area contributed by atoms with Crippen LogP contribution in [0, 0.1) is 5.41 Å². The molecule has 1 atom stereocenters. The summed E-state index contributed by atoms with van der Waals surface area (Å²) >= 11 is 0.303. The Labute approximate surface area is 88.7 Å². The van der Waals surface area contributed by atoms with Crippen LogP contribution in [0.4, 0.5) is 0 Å². The first-order chi connectivity index (χ1) is 6.19. The second-order valence-electron chi connectivity index (χ2n) is 2.80. The van der Waals surface area contributed by atoms with Gasteiger partial charge in [0.15, 0.2) is 0 Å². The molecule has 0 radical (unpaired) electrons. The summed E-state index contributed by atoms with van der Waals surface area (Å²) in [5.74, 6) is 0.250. The molecule has 74 valence electrons. The van der Waals surface area contributed by atoms with Gasteiger partial charge in [-0.3, -0.25) is 0 Å². The van der Waals surface area contributed by atoms with E-state index >= 15 is 0 Å². The van der Waals surface area contributed by atoms with Crippen molar-refractivity contribution in [3.05, 3.63) is 11.6 Å². The second kappa shape index (κ2) is 4.74. The third-order valence-corrected chi connectivity index (χ3v) is 4.26. The topological polar surface area (TPSA) is 53.0 Å². The van der Waals surface area contributed by atoms with Crippen molar-refractivity contribution in [2.24, 2.45) is 0 Å². The van der Waals surface area contributed by atoms with Crippen molar-refractivity contribution in [3.8, 4) is 0 Å². The number of halogens is 1. The number of hydrogen-bond acceptors (Lipinski definition) is 2. The van der Waals surface area contributed by atoms with Gasteiger partial charge in [0.25, 0.3) is 0 Å². The number of alkyl halides is 2. The minimum absolute atomic E-state index is 0.0665. The number of amidine groups is 1. The summed E-state index contributed by atoms with van der Waals surface area (Å²) < 4.78 is 1.90. The fraction of sp³-hybridized carbons (Fsp3) is 0.556. The SMILES string of the molecule is C/C=C(\C(=N)NC(=O)CC)C1C[I-]1. The van der Waals surface area contributed by atoms with Crippen molar-refractivity contribution in [1.29, 1.82) is 5.41 Å². The maximum absolute atomic E-state index is 11.0. The molecule has 1 amide bonds. The zero-order chi connectivity index (χ0) is 9.84. The van der Waals surface area contributed by atoms with E-state index in [0.717, 1.165) is 5.57 Å². The Morgan fingerprint density at radius 3 is 2.77 bits per heavy atom. The third kappa shape index (κ3) is 3.10. The van der Waals surface area contributed by atoms with Crippen LogP contribution in [0.1, 0.15) is 20.3 Å². The van der Waals surface area contributed by atoms with Gasteiger partial charge >= 0.3 is 88.7 Å². The van der Waals surface area contributed by atoms with Crippen LogP contribution in [0.2, 0.25) is 0 Å². The van der Waals surface area contributed by atoms with E-state index in [2.05, 4.69) is 5.32 Å². The van der Waals surface area contributed by atoms with E-state index in [4.69, 9.17) is 5.41 Å². The molecule has 1 unspecified atom stereocenters. The summed E-state index contributed by atoms with van der Waals surface area (Å²) in [4.78, 5) is 11.0. The summed E-state index contributed by atoms with van der Waals surface area (Å²) in [6.45, 7) is 3.73. The molecule has 2 N–H and O–H groups in total. The van der Waals surface area contributed by atoms with Crippen LogP contribution in [0.5, 0.6) is 0 Å². The number of rotatable bonds is 3. The predicted molar refractivity (Wildman–Crippen MR) is 48.6 cm³/mol. The van der Waals surface area contributed by atoms with Gasteiger partial charge in [-0.1, -0.05) is 0 Å². The van der Waals surface area contributed by atoms with Crippen LogP contribution in [0.3, 0.4) is 0 Å². The first-order valence-electron chi connectivity index (χ1n) is 4.31. The van der Waals surface area contributed by atoms with Gasteiger partial charge in [0.1, 0.15) is 0 Å². The van der Waals surface area contributed by atoms with Crippen molar-refractivity contribution in [1.82, 2.24) is 5.32 Å². The number of carbonyl (C=O) groups is 1. The first kappa shape index (κ1) is 10.7. The normalized spacial score (nSPS) is 21.7. The van der Waals surface area contributed by atoms with Crippen molar-refractivity contribution in [2.45, 2.75) is 24.2 Å². The summed E-state index contributed by atoms with van der Waals surface area (Å²) in [7, 11) is 0. The van der Waals surface area contributed by atoms with Gasteiger partial charge in [-0.25, -0.2) is 0 Å². The Bertz CT molecular complexity index is 256. The van der Waals surface area contributed by atoms with Gasteiger partial charge in [0.05, 0.1) is 0 Å². The van der Waals surface area contributed by atoms with Crippen LogP contribution < -0.4 is 26.5 Å². The number of hydrogen-bond donors (Lipinski definition) is 2. The molecule has 1 rings (SSSR count). The molecule has 1 saturated heterocycles. The molecule has 1 heterocycles. The molecule has 0 aromatic heterocycles. The molecular weight excluding hydrogens is 279 g/mol. The van der Waals surface area contributed by atoms with Crippen LogP contribution in [-0.4, -0.2) is 20.1 Å². The van der Waals surface area contributed by atoms with Crippen LogP contribution >= 0.6 is 0 Å². The molecule has 1 aliphatic rings. The number of allylic oxidation sites excluding steroid dienone is 1. The van der Waals surface area contributed by atoms with Gasteiger partial charge in [-0.2, -0.15) is 0 Å². The molecule has 0 saturated carbocycles. The van der Waals surface area contributed by atoms with E-state index in [-0.39, 0.29) is 5.91 Å². The molecule has 3 nitrogen and oxygen atoms in total. The fourth-order valence-corrected chi connectivity index (χ4v) is 2.87. The van der Waals surface area contributed by atoms with E-state index in [0.29, 0.717) is 37.4 Å². The Hall–Kier alpha value is -0.390. The number of nitrogens with one attached hydrogen (secondary N) is 2. The van der Waals surface area contributed by atoms with Crippen LogP contribution in [-0.2, 0) is 4.79 Å². The third-order valence-electron chi connectivity index (χ3n) is 1.83. The van der Waals surface area contributed by atoms with E-state index in [9.17, 15) is 4.79 Å². The summed E-state index contributed by atoms with van der Waals surface area (Å²) in [6.07, 6.45) is 2.40. The van der Waals surface area contributed by atoms with Crippen molar-refractivity contribution >= 4 is 11.7 Å². The molecule has 0 bridgehead atoms. The molecular formula is C9H14IN2O-. The summed E-state index contributed by atoms with van der Waals surface area (Å²) in [5.41, 5.74) is 1.04. The average Bonchev–Trinajstić information content (AvgIpc) is 2.89. The Morgan fingerprint density at radius 2 is 2.38 bits per heavy atom. The Balaban J connectivity index is 2.50. The molecule has 0 aliphatic carbocycles. The Kier molecular flexibility index (Phi) is 3.90. The fourth-order valence-electron chi connectivity index (χ4n) is 0.993. The van der Waals surface area contributed by atoms with Crippen molar-refractivity contribution in [3.63, 3.8) is 0 Å². The van der Waals surface area contributed by atoms with Crippen molar-refractivity contribution in [2.75, 3.05) is 4.43 Å². The molecule has 0 aromatic rings.